The lowest BCUT2D eigenvalue weighted by Gasteiger charge is -2.28. The van der Waals surface area contributed by atoms with Gasteiger partial charge in [-0.2, -0.15) is 0 Å². The van der Waals surface area contributed by atoms with E-state index >= 15 is 0 Å². The molecule has 2 rings (SSSR count). The predicted molar refractivity (Wildman–Crippen MR) is 85.0 cm³/mol. The fourth-order valence-electron chi connectivity index (χ4n) is 2.70. The van der Waals surface area contributed by atoms with Crippen LogP contribution in [-0.2, 0) is 6.54 Å². The zero-order valence-corrected chi connectivity index (χ0v) is 13.7. The predicted octanol–water partition coefficient (Wildman–Crippen LogP) is 4.67. The Hall–Kier alpha value is -1.09. The van der Waals surface area contributed by atoms with Gasteiger partial charge in [0.25, 0.3) is 0 Å². The molecule has 1 fully saturated rings. The molecule has 0 aromatic heterocycles. The van der Waals surface area contributed by atoms with Gasteiger partial charge in [0.1, 0.15) is 0 Å². The van der Waals surface area contributed by atoms with E-state index in [0.29, 0.717) is 12.3 Å². The zero-order valence-electron chi connectivity index (χ0n) is 13.7. The van der Waals surface area contributed by atoms with E-state index in [4.69, 9.17) is 4.74 Å². The van der Waals surface area contributed by atoms with E-state index in [1.165, 1.54) is 18.9 Å². The van der Waals surface area contributed by atoms with E-state index in [9.17, 15) is 4.39 Å². The maximum atomic E-state index is 14.1. The Morgan fingerprint density at radius 1 is 1.19 bits per heavy atom. The molecule has 0 aliphatic heterocycles. The van der Waals surface area contributed by atoms with E-state index in [0.717, 1.165) is 24.3 Å². The molecule has 0 bridgehead atoms. The highest BCUT2D eigenvalue weighted by molar-refractivity contribution is 5.35. The highest BCUT2D eigenvalue weighted by Gasteiger charge is 2.22. The monoisotopic (exact) mass is 293 g/mol. The van der Waals surface area contributed by atoms with Gasteiger partial charge in [0.2, 0.25) is 0 Å². The summed E-state index contributed by atoms with van der Waals surface area (Å²) in [6, 6.07) is 5.19. The zero-order chi connectivity index (χ0) is 15.5. The molecule has 1 saturated carbocycles. The minimum absolute atomic E-state index is 0.00383. The Bertz CT molecular complexity index is 459. The number of hydrogen-bond acceptors (Lipinski definition) is 2. The van der Waals surface area contributed by atoms with Crippen molar-refractivity contribution in [1.82, 2.24) is 5.32 Å². The minimum atomic E-state index is -0.248. The molecular formula is C18H28FNO. The van der Waals surface area contributed by atoms with Crippen molar-refractivity contribution in [3.8, 4) is 5.75 Å². The standard InChI is InChI=1S/C18H28FNO/c1-13-8-10-15(11-9-13)21-17-14(6-5-7-16(17)19)12-20-18(2,3)4/h5-7,13,15,20H,8-12H2,1-4H3. The van der Waals surface area contributed by atoms with Crippen molar-refractivity contribution < 1.29 is 9.13 Å². The molecule has 118 valence electrons. The van der Waals surface area contributed by atoms with Crippen LogP contribution in [0.4, 0.5) is 4.39 Å². The van der Waals surface area contributed by atoms with E-state index < -0.39 is 0 Å². The number of para-hydroxylation sites is 1. The molecule has 0 heterocycles. The third-order valence-electron chi connectivity index (χ3n) is 4.11. The second kappa shape index (κ2) is 6.78. The van der Waals surface area contributed by atoms with E-state index in [1.807, 2.05) is 6.07 Å². The minimum Gasteiger partial charge on any atom is -0.487 e. The lowest BCUT2D eigenvalue weighted by atomic mass is 9.89. The van der Waals surface area contributed by atoms with Crippen LogP contribution in [0.25, 0.3) is 0 Å². The number of hydrogen-bond donors (Lipinski definition) is 1. The Morgan fingerprint density at radius 2 is 1.86 bits per heavy atom. The number of halogens is 1. The summed E-state index contributed by atoms with van der Waals surface area (Å²) in [5, 5.41) is 3.40. The number of ether oxygens (including phenoxy) is 1. The third kappa shape index (κ3) is 4.99. The van der Waals surface area contributed by atoms with Crippen LogP contribution in [-0.4, -0.2) is 11.6 Å². The summed E-state index contributed by atoms with van der Waals surface area (Å²) < 4.78 is 20.2. The first kappa shape index (κ1) is 16.3. The van der Waals surface area contributed by atoms with Gasteiger partial charge >= 0.3 is 0 Å². The smallest absolute Gasteiger partial charge is 0.165 e. The molecule has 2 nitrogen and oxygen atoms in total. The van der Waals surface area contributed by atoms with Crippen LogP contribution in [0, 0.1) is 11.7 Å². The van der Waals surface area contributed by atoms with Gasteiger partial charge in [-0.3, -0.25) is 0 Å². The average Bonchev–Trinajstić information content (AvgIpc) is 2.41. The van der Waals surface area contributed by atoms with Gasteiger partial charge < -0.3 is 10.1 Å². The first-order valence-corrected chi connectivity index (χ1v) is 8.04. The molecule has 0 atom stereocenters. The van der Waals surface area contributed by atoms with Crippen LogP contribution in [0.1, 0.15) is 58.9 Å². The largest absolute Gasteiger partial charge is 0.487 e. The Morgan fingerprint density at radius 3 is 2.48 bits per heavy atom. The summed E-state index contributed by atoms with van der Waals surface area (Å²) in [7, 11) is 0. The molecule has 0 radical (unpaired) electrons. The Balaban J connectivity index is 2.06. The molecule has 1 aromatic rings. The summed E-state index contributed by atoms with van der Waals surface area (Å²) in [5.41, 5.74) is 0.910. The lowest BCUT2D eigenvalue weighted by molar-refractivity contribution is 0.128. The molecule has 0 amide bonds. The summed E-state index contributed by atoms with van der Waals surface area (Å²) in [4.78, 5) is 0. The van der Waals surface area contributed by atoms with Gasteiger partial charge in [-0.15, -0.1) is 0 Å². The molecular weight excluding hydrogens is 265 g/mol. The normalized spacial score (nSPS) is 23.1. The first-order chi connectivity index (χ1) is 9.85. The molecule has 21 heavy (non-hydrogen) atoms. The highest BCUT2D eigenvalue weighted by Crippen LogP contribution is 2.30. The van der Waals surface area contributed by atoms with Crippen LogP contribution in [0.15, 0.2) is 18.2 Å². The Kier molecular flexibility index (Phi) is 5.26. The van der Waals surface area contributed by atoms with E-state index in [-0.39, 0.29) is 17.5 Å². The van der Waals surface area contributed by atoms with Crippen LogP contribution >= 0.6 is 0 Å². The maximum absolute atomic E-state index is 14.1. The lowest BCUT2D eigenvalue weighted by Crippen LogP contribution is -2.35. The fourth-order valence-corrected chi connectivity index (χ4v) is 2.70. The van der Waals surface area contributed by atoms with Crippen molar-refractivity contribution in [1.29, 1.82) is 0 Å². The second-order valence-electron chi connectivity index (χ2n) is 7.33. The molecule has 1 aromatic carbocycles. The molecule has 3 heteroatoms. The number of nitrogens with one attached hydrogen (secondary N) is 1. The summed E-state index contributed by atoms with van der Waals surface area (Å²) >= 11 is 0. The van der Waals surface area contributed by atoms with Crippen molar-refractivity contribution in [3.05, 3.63) is 29.6 Å². The number of benzene rings is 1. The van der Waals surface area contributed by atoms with Crippen LogP contribution in [0.5, 0.6) is 5.75 Å². The topological polar surface area (TPSA) is 21.3 Å². The molecule has 0 unspecified atom stereocenters. The maximum Gasteiger partial charge on any atom is 0.165 e. The van der Waals surface area contributed by atoms with Crippen molar-refractivity contribution >= 4 is 0 Å². The van der Waals surface area contributed by atoms with E-state index in [1.54, 1.807) is 6.07 Å². The van der Waals surface area contributed by atoms with E-state index in [2.05, 4.69) is 33.0 Å². The van der Waals surface area contributed by atoms with Crippen LogP contribution in [0.3, 0.4) is 0 Å². The molecule has 1 N–H and O–H groups in total. The third-order valence-corrected chi connectivity index (χ3v) is 4.11. The van der Waals surface area contributed by atoms with Gasteiger partial charge in [0, 0.05) is 17.6 Å². The molecule has 0 saturated heterocycles. The van der Waals surface area contributed by atoms with Gasteiger partial charge in [0.15, 0.2) is 11.6 Å². The summed E-state index contributed by atoms with van der Waals surface area (Å²) in [6.45, 7) is 9.22. The summed E-state index contributed by atoms with van der Waals surface area (Å²) in [5.74, 6) is 0.961. The Labute approximate surface area is 128 Å². The number of rotatable bonds is 4. The SMILES string of the molecule is CC1CCC(Oc2c(F)cccc2CNC(C)(C)C)CC1. The molecule has 0 spiro atoms. The van der Waals surface area contributed by atoms with Crippen LogP contribution in [0.2, 0.25) is 0 Å². The molecule has 1 aliphatic carbocycles. The quantitative estimate of drug-likeness (QED) is 0.871. The van der Waals surface area contributed by atoms with Crippen molar-refractivity contribution in [2.75, 3.05) is 0 Å². The fraction of sp³-hybridized carbons (Fsp3) is 0.667. The highest BCUT2D eigenvalue weighted by atomic mass is 19.1. The molecule has 1 aliphatic rings. The second-order valence-corrected chi connectivity index (χ2v) is 7.33. The van der Waals surface area contributed by atoms with Gasteiger partial charge in [-0.25, -0.2) is 4.39 Å². The summed E-state index contributed by atoms with van der Waals surface area (Å²) in [6.07, 6.45) is 4.57. The average molecular weight is 293 g/mol. The van der Waals surface area contributed by atoms with Gasteiger partial charge in [-0.1, -0.05) is 19.1 Å². The van der Waals surface area contributed by atoms with Crippen LogP contribution < -0.4 is 10.1 Å². The van der Waals surface area contributed by atoms with Gasteiger partial charge in [0.05, 0.1) is 6.10 Å². The van der Waals surface area contributed by atoms with Crippen molar-refractivity contribution in [2.45, 2.75) is 71.6 Å². The first-order valence-electron chi connectivity index (χ1n) is 8.04. The van der Waals surface area contributed by atoms with Crippen molar-refractivity contribution in [3.63, 3.8) is 0 Å². The van der Waals surface area contributed by atoms with Gasteiger partial charge in [-0.05, 0) is 58.4 Å². The van der Waals surface area contributed by atoms with Crippen molar-refractivity contribution in [2.24, 2.45) is 5.92 Å².